The molecule has 0 aliphatic heterocycles. The van der Waals surface area contributed by atoms with E-state index in [-0.39, 0.29) is 5.60 Å². The maximum atomic E-state index is 5.82. The van der Waals surface area contributed by atoms with Crippen molar-refractivity contribution in [1.82, 2.24) is 14.5 Å². The predicted octanol–water partition coefficient (Wildman–Crippen LogP) is 4.06. The number of H-pyrrole nitrogens is 1. The molecule has 0 bridgehead atoms. The van der Waals surface area contributed by atoms with E-state index in [1.54, 1.807) is 0 Å². The molecule has 5 heteroatoms. The lowest BCUT2D eigenvalue weighted by molar-refractivity contribution is -0.0218. The van der Waals surface area contributed by atoms with Crippen LogP contribution in [-0.4, -0.2) is 26.7 Å². The van der Waals surface area contributed by atoms with E-state index in [9.17, 15) is 0 Å². The minimum Gasteiger partial charge on any atom is -0.374 e. The molecule has 0 atom stereocenters. The molecular formula is C16H19N3OS. The third kappa shape index (κ3) is 2.59. The zero-order valence-corrected chi connectivity index (χ0v) is 13.3. The second kappa shape index (κ2) is 5.24. The molecule has 3 aromatic rings. The number of pyridine rings is 1. The molecule has 0 aliphatic rings. The lowest BCUT2D eigenvalue weighted by Gasteiger charge is -2.25. The summed E-state index contributed by atoms with van der Waals surface area (Å²) in [5, 5.41) is 1.11. The molecule has 0 unspecified atom stereocenters. The molecular weight excluding hydrogens is 282 g/mol. The minimum atomic E-state index is -0.271. The number of para-hydroxylation sites is 1. The molecule has 1 N–H and O–H groups in total. The van der Waals surface area contributed by atoms with Crippen molar-refractivity contribution in [2.75, 3.05) is 6.61 Å². The van der Waals surface area contributed by atoms with Gasteiger partial charge in [-0.15, -0.1) is 0 Å². The number of ether oxygens (including phenoxy) is 1. The summed E-state index contributed by atoms with van der Waals surface area (Å²) >= 11 is 5.49. The molecule has 0 spiro atoms. The van der Waals surface area contributed by atoms with E-state index in [1.807, 2.05) is 31.3 Å². The second-order valence-corrected chi connectivity index (χ2v) is 6.13. The number of fused-ring (bicyclic) bond motifs is 3. The number of aromatic nitrogens is 3. The summed E-state index contributed by atoms with van der Waals surface area (Å²) in [6, 6.07) is 8.12. The van der Waals surface area contributed by atoms with E-state index in [0.717, 1.165) is 21.9 Å². The molecule has 2 aromatic heterocycles. The lowest BCUT2D eigenvalue weighted by Crippen LogP contribution is -2.30. The van der Waals surface area contributed by atoms with Crippen LogP contribution in [0.4, 0.5) is 0 Å². The third-order valence-electron chi connectivity index (χ3n) is 3.58. The molecule has 0 aliphatic carbocycles. The largest absolute Gasteiger partial charge is 0.374 e. The third-order valence-corrected chi connectivity index (χ3v) is 3.90. The number of imidazole rings is 1. The summed E-state index contributed by atoms with van der Waals surface area (Å²) < 4.78 is 8.64. The average Bonchev–Trinajstić information content (AvgIpc) is 2.75. The normalized spacial score (nSPS) is 12.3. The number of aromatic amines is 1. The van der Waals surface area contributed by atoms with Gasteiger partial charge in [0.05, 0.1) is 34.9 Å². The van der Waals surface area contributed by atoms with Gasteiger partial charge in [0.15, 0.2) is 4.77 Å². The zero-order chi connectivity index (χ0) is 15.0. The fraction of sp³-hybridized carbons (Fsp3) is 0.375. The lowest BCUT2D eigenvalue weighted by atomic mass is 10.1. The Bertz CT molecular complexity index is 847. The van der Waals surface area contributed by atoms with Crippen molar-refractivity contribution in [1.29, 1.82) is 0 Å². The van der Waals surface area contributed by atoms with Gasteiger partial charge in [0, 0.05) is 12.0 Å². The highest BCUT2D eigenvalue weighted by molar-refractivity contribution is 7.71. The molecule has 0 fully saturated rings. The zero-order valence-electron chi connectivity index (χ0n) is 12.5. The van der Waals surface area contributed by atoms with Crippen LogP contribution in [0.1, 0.15) is 20.8 Å². The molecule has 3 rings (SSSR count). The van der Waals surface area contributed by atoms with Crippen LogP contribution in [0.3, 0.4) is 0 Å². The van der Waals surface area contributed by atoms with Crippen molar-refractivity contribution in [3.8, 4) is 0 Å². The van der Waals surface area contributed by atoms with Gasteiger partial charge in [-0.2, -0.15) is 0 Å². The number of rotatable bonds is 4. The van der Waals surface area contributed by atoms with Crippen molar-refractivity contribution in [3.05, 3.63) is 35.2 Å². The van der Waals surface area contributed by atoms with Crippen LogP contribution in [0.2, 0.25) is 0 Å². The number of hydrogen-bond donors (Lipinski definition) is 1. The van der Waals surface area contributed by atoms with Crippen LogP contribution in [0.25, 0.3) is 21.9 Å². The highest BCUT2D eigenvalue weighted by Crippen LogP contribution is 2.25. The van der Waals surface area contributed by atoms with Gasteiger partial charge in [-0.3, -0.25) is 4.98 Å². The van der Waals surface area contributed by atoms with Gasteiger partial charge < -0.3 is 14.3 Å². The second-order valence-electron chi connectivity index (χ2n) is 5.75. The molecule has 0 radical (unpaired) electrons. The number of hydrogen-bond acceptors (Lipinski definition) is 3. The summed E-state index contributed by atoms with van der Waals surface area (Å²) in [6.07, 6.45) is 1.84. The van der Waals surface area contributed by atoms with Crippen LogP contribution >= 0.6 is 12.2 Å². The average molecular weight is 301 g/mol. The van der Waals surface area contributed by atoms with E-state index >= 15 is 0 Å². The Labute approximate surface area is 128 Å². The Morgan fingerprint density at radius 3 is 2.86 bits per heavy atom. The maximum absolute atomic E-state index is 5.82. The molecule has 0 saturated heterocycles. The summed E-state index contributed by atoms with van der Waals surface area (Å²) in [6.45, 7) is 7.56. The van der Waals surface area contributed by atoms with Crippen LogP contribution in [-0.2, 0) is 11.3 Å². The fourth-order valence-corrected chi connectivity index (χ4v) is 3.03. The monoisotopic (exact) mass is 301 g/mol. The van der Waals surface area contributed by atoms with Gasteiger partial charge in [0.1, 0.15) is 0 Å². The highest BCUT2D eigenvalue weighted by Gasteiger charge is 2.21. The maximum Gasteiger partial charge on any atom is 0.178 e. The molecule has 110 valence electrons. The Hall–Kier alpha value is -1.72. The molecule has 0 saturated carbocycles. The quantitative estimate of drug-likeness (QED) is 0.739. The highest BCUT2D eigenvalue weighted by atomic mass is 32.1. The summed E-state index contributed by atoms with van der Waals surface area (Å²) in [5.74, 6) is 0. The van der Waals surface area contributed by atoms with Gasteiger partial charge in [0.25, 0.3) is 0 Å². The van der Waals surface area contributed by atoms with E-state index < -0.39 is 0 Å². The van der Waals surface area contributed by atoms with Crippen LogP contribution in [0.15, 0.2) is 30.5 Å². The first-order chi connectivity index (χ1) is 10.0. The van der Waals surface area contributed by atoms with E-state index in [4.69, 9.17) is 17.0 Å². The Kier molecular flexibility index (Phi) is 3.55. The molecule has 1 aromatic carbocycles. The van der Waals surface area contributed by atoms with Gasteiger partial charge in [-0.25, -0.2) is 0 Å². The minimum absolute atomic E-state index is 0.271. The predicted molar refractivity (Wildman–Crippen MR) is 88.1 cm³/mol. The van der Waals surface area contributed by atoms with Gasteiger partial charge >= 0.3 is 0 Å². The number of nitrogens with one attached hydrogen (secondary N) is 1. The first-order valence-corrected chi connectivity index (χ1v) is 7.53. The van der Waals surface area contributed by atoms with Crippen molar-refractivity contribution in [2.45, 2.75) is 32.9 Å². The van der Waals surface area contributed by atoms with Gasteiger partial charge in [-0.1, -0.05) is 18.2 Å². The van der Waals surface area contributed by atoms with E-state index in [1.165, 1.54) is 0 Å². The number of nitrogens with zero attached hydrogens (tertiary/aromatic N) is 2. The van der Waals surface area contributed by atoms with Crippen LogP contribution < -0.4 is 0 Å². The van der Waals surface area contributed by atoms with Crippen molar-refractivity contribution >= 4 is 34.2 Å². The Morgan fingerprint density at radius 2 is 2.10 bits per heavy atom. The summed E-state index contributed by atoms with van der Waals surface area (Å²) in [5.41, 5.74) is 2.76. The van der Waals surface area contributed by atoms with E-state index in [2.05, 4.69) is 34.4 Å². The molecule has 2 heterocycles. The molecule has 21 heavy (non-hydrogen) atoms. The summed E-state index contributed by atoms with van der Waals surface area (Å²) in [7, 11) is 0. The van der Waals surface area contributed by atoms with Crippen LogP contribution in [0.5, 0.6) is 0 Å². The van der Waals surface area contributed by atoms with Crippen LogP contribution in [0, 0.1) is 4.77 Å². The SMILES string of the molecule is CCOC(C)(C)Cn1c(=S)[nH]c2cnc3ccccc3c21. The molecule has 0 amide bonds. The Morgan fingerprint density at radius 1 is 1.33 bits per heavy atom. The van der Waals surface area contributed by atoms with Crippen molar-refractivity contribution in [2.24, 2.45) is 0 Å². The van der Waals surface area contributed by atoms with Crippen molar-refractivity contribution < 1.29 is 4.74 Å². The molecule has 4 nitrogen and oxygen atoms in total. The van der Waals surface area contributed by atoms with Crippen molar-refractivity contribution in [3.63, 3.8) is 0 Å². The first kappa shape index (κ1) is 14.2. The van der Waals surface area contributed by atoms with Gasteiger partial charge in [-0.05, 0) is 39.1 Å². The van der Waals surface area contributed by atoms with Gasteiger partial charge in [0.2, 0.25) is 0 Å². The number of benzene rings is 1. The Balaban J connectivity index is 2.24. The first-order valence-electron chi connectivity index (χ1n) is 7.12. The summed E-state index contributed by atoms with van der Waals surface area (Å²) in [4.78, 5) is 7.72. The van der Waals surface area contributed by atoms with E-state index in [0.29, 0.717) is 17.9 Å². The topological polar surface area (TPSA) is 42.8 Å². The standard InChI is InChI=1S/C16H19N3OS/c1-4-20-16(2,3)10-19-14-11-7-5-6-8-12(11)17-9-13(14)18-15(19)21/h5-9H,4,10H2,1-3H3,(H,18,21). The smallest absolute Gasteiger partial charge is 0.178 e. The fourth-order valence-electron chi connectivity index (χ4n) is 2.76.